The molecule has 2 heterocycles. The molecular weight excluding hydrogens is 404 g/mol. The number of rotatable bonds is 7. The van der Waals surface area contributed by atoms with E-state index >= 15 is 0 Å². The van der Waals surface area contributed by atoms with Crippen LogP contribution in [-0.2, 0) is 6.42 Å². The third-order valence-electron chi connectivity index (χ3n) is 5.43. The Labute approximate surface area is 187 Å². The zero-order valence-corrected chi connectivity index (χ0v) is 18.5. The Morgan fingerprint density at radius 3 is 2.59 bits per heavy atom. The highest BCUT2D eigenvalue weighted by Crippen LogP contribution is 2.46. The molecule has 0 spiro atoms. The lowest BCUT2D eigenvalue weighted by molar-refractivity contribution is 0.310. The molecule has 7 heteroatoms. The third kappa shape index (κ3) is 3.65. The Balaban J connectivity index is 1.96. The van der Waals surface area contributed by atoms with Crippen LogP contribution in [0.15, 0.2) is 60.0 Å². The number of hydrogen-bond acceptors (Lipinski definition) is 6. The number of para-hydroxylation sites is 1. The standard InChI is InChI=1S/C25H26N4O3/c1-4-9-19-23-22(16-12-13-20(30-3)21(14-16)31-5-2)18(15-26)24(27)32-25(23)29(28-19)17-10-7-6-8-11-17/h6-8,10-14,22H,4-5,9,27H2,1-3H3/t22-/m1/s1. The van der Waals surface area contributed by atoms with E-state index in [1.54, 1.807) is 11.8 Å². The van der Waals surface area contributed by atoms with E-state index in [4.69, 9.17) is 25.0 Å². The van der Waals surface area contributed by atoms with Crippen LogP contribution in [0.3, 0.4) is 0 Å². The van der Waals surface area contributed by atoms with Crippen molar-refractivity contribution < 1.29 is 14.2 Å². The number of aryl methyl sites for hydroxylation is 1. The number of methoxy groups -OCH3 is 1. The first-order chi connectivity index (χ1) is 15.6. The molecule has 4 rings (SSSR count). The molecule has 1 aliphatic heterocycles. The molecule has 0 radical (unpaired) electrons. The molecule has 0 aliphatic carbocycles. The van der Waals surface area contributed by atoms with E-state index in [0.717, 1.165) is 35.3 Å². The summed E-state index contributed by atoms with van der Waals surface area (Å²) in [6, 6.07) is 17.7. The predicted molar refractivity (Wildman–Crippen MR) is 121 cm³/mol. The van der Waals surface area contributed by atoms with Gasteiger partial charge in [0, 0.05) is 0 Å². The Bertz CT molecular complexity index is 1190. The van der Waals surface area contributed by atoms with E-state index in [1.807, 2.05) is 55.5 Å². The van der Waals surface area contributed by atoms with Crippen molar-refractivity contribution in [2.75, 3.05) is 13.7 Å². The van der Waals surface area contributed by atoms with Crippen molar-refractivity contribution in [1.82, 2.24) is 9.78 Å². The first-order valence-electron chi connectivity index (χ1n) is 10.7. The van der Waals surface area contributed by atoms with Crippen LogP contribution in [0.1, 0.15) is 43.0 Å². The van der Waals surface area contributed by atoms with Gasteiger partial charge in [-0.25, -0.2) is 4.68 Å². The smallest absolute Gasteiger partial charge is 0.229 e. The highest BCUT2D eigenvalue weighted by molar-refractivity contribution is 5.59. The van der Waals surface area contributed by atoms with Crippen LogP contribution in [0, 0.1) is 11.3 Å². The van der Waals surface area contributed by atoms with E-state index in [9.17, 15) is 5.26 Å². The number of fused-ring (bicyclic) bond motifs is 1. The number of allylic oxidation sites excluding steroid dienone is 1. The highest BCUT2D eigenvalue weighted by atomic mass is 16.5. The molecule has 2 N–H and O–H groups in total. The zero-order valence-electron chi connectivity index (χ0n) is 18.5. The summed E-state index contributed by atoms with van der Waals surface area (Å²) in [4.78, 5) is 0. The van der Waals surface area contributed by atoms with Crippen LogP contribution in [0.5, 0.6) is 17.4 Å². The van der Waals surface area contributed by atoms with E-state index in [-0.39, 0.29) is 5.88 Å². The second-order valence-corrected chi connectivity index (χ2v) is 7.43. The lowest BCUT2D eigenvalue weighted by atomic mass is 9.83. The second-order valence-electron chi connectivity index (χ2n) is 7.43. The minimum atomic E-state index is -0.423. The summed E-state index contributed by atoms with van der Waals surface area (Å²) in [6.45, 7) is 4.51. The molecule has 1 aliphatic rings. The van der Waals surface area contributed by atoms with Crippen molar-refractivity contribution in [3.05, 3.63) is 76.8 Å². The summed E-state index contributed by atoms with van der Waals surface area (Å²) >= 11 is 0. The van der Waals surface area contributed by atoms with Crippen LogP contribution in [0.2, 0.25) is 0 Å². The van der Waals surface area contributed by atoms with Gasteiger partial charge in [-0.2, -0.15) is 10.4 Å². The maximum Gasteiger partial charge on any atom is 0.229 e. The van der Waals surface area contributed by atoms with Crippen molar-refractivity contribution >= 4 is 0 Å². The van der Waals surface area contributed by atoms with Gasteiger partial charge in [0.2, 0.25) is 11.8 Å². The Hall–Kier alpha value is -3.92. The van der Waals surface area contributed by atoms with Gasteiger partial charge in [0.1, 0.15) is 11.6 Å². The molecule has 0 saturated heterocycles. The SMILES string of the molecule is CCCc1nn(-c2ccccc2)c2c1[C@H](c1ccc(OC)c(OCC)c1)C(C#N)=C(N)O2. The average Bonchev–Trinajstić information content (AvgIpc) is 3.17. The Kier molecular flexibility index (Phi) is 6.04. The van der Waals surface area contributed by atoms with Gasteiger partial charge in [0.15, 0.2) is 11.5 Å². The van der Waals surface area contributed by atoms with Crippen LogP contribution >= 0.6 is 0 Å². The van der Waals surface area contributed by atoms with Crippen molar-refractivity contribution in [1.29, 1.82) is 5.26 Å². The molecule has 32 heavy (non-hydrogen) atoms. The zero-order chi connectivity index (χ0) is 22.7. The van der Waals surface area contributed by atoms with Crippen LogP contribution < -0.4 is 19.9 Å². The number of nitriles is 1. The predicted octanol–water partition coefficient (Wildman–Crippen LogP) is 4.45. The summed E-state index contributed by atoms with van der Waals surface area (Å²) in [5.41, 5.74) is 10.1. The minimum Gasteiger partial charge on any atom is -0.493 e. The van der Waals surface area contributed by atoms with Gasteiger partial charge < -0.3 is 19.9 Å². The molecule has 0 unspecified atom stereocenters. The van der Waals surface area contributed by atoms with Crippen molar-refractivity contribution in [2.45, 2.75) is 32.6 Å². The molecule has 1 aromatic heterocycles. The third-order valence-corrected chi connectivity index (χ3v) is 5.43. The molecule has 0 fully saturated rings. The normalized spacial score (nSPS) is 15.0. The second kappa shape index (κ2) is 9.06. The summed E-state index contributed by atoms with van der Waals surface area (Å²) in [7, 11) is 1.60. The molecule has 1 atom stereocenters. The molecule has 2 aromatic carbocycles. The first-order valence-corrected chi connectivity index (χ1v) is 10.7. The quantitative estimate of drug-likeness (QED) is 0.595. The number of nitrogens with zero attached hydrogens (tertiary/aromatic N) is 3. The van der Waals surface area contributed by atoms with Gasteiger partial charge in [-0.3, -0.25) is 0 Å². The van der Waals surface area contributed by atoms with Gasteiger partial charge in [-0.1, -0.05) is 37.6 Å². The fourth-order valence-electron chi connectivity index (χ4n) is 4.05. The van der Waals surface area contributed by atoms with Gasteiger partial charge in [0.25, 0.3) is 0 Å². The lowest BCUT2D eigenvalue weighted by Crippen LogP contribution is -2.22. The van der Waals surface area contributed by atoms with Crippen LogP contribution in [-0.4, -0.2) is 23.5 Å². The summed E-state index contributed by atoms with van der Waals surface area (Å²) in [6.07, 6.45) is 1.65. The maximum atomic E-state index is 9.99. The number of benzene rings is 2. The van der Waals surface area contributed by atoms with Crippen molar-refractivity contribution in [2.24, 2.45) is 5.73 Å². The van der Waals surface area contributed by atoms with E-state index in [0.29, 0.717) is 29.6 Å². The highest BCUT2D eigenvalue weighted by Gasteiger charge is 2.37. The Morgan fingerprint density at radius 2 is 1.94 bits per heavy atom. The maximum absolute atomic E-state index is 9.99. The monoisotopic (exact) mass is 430 g/mol. The Morgan fingerprint density at radius 1 is 1.16 bits per heavy atom. The molecule has 0 amide bonds. The molecule has 164 valence electrons. The largest absolute Gasteiger partial charge is 0.493 e. The fourth-order valence-corrected chi connectivity index (χ4v) is 4.05. The molecule has 3 aromatic rings. The number of nitrogens with two attached hydrogens (primary N) is 1. The minimum absolute atomic E-state index is 0.0823. The molecule has 0 saturated carbocycles. The van der Waals surface area contributed by atoms with Gasteiger partial charge in [0.05, 0.1) is 36.6 Å². The molecular formula is C25H26N4O3. The van der Waals surface area contributed by atoms with Crippen molar-refractivity contribution in [3.8, 4) is 29.1 Å². The van der Waals surface area contributed by atoms with E-state index in [2.05, 4.69) is 13.0 Å². The lowest BCUT2D eigenvalue weighted by Gasteiger charge is -2.25. The average molecular weight is 431 g/mol. The van der Waals surface area contributed by atoms with Crippen molar-refractivity contribution in [3.63, 3.8) is 0 Å². The molecule has 7 nitrogen and oxygen atoms in total. The summed E-state index contributed by atoms with van der Waals surface area (Å²) in [5, 5.41) is 14.9. The number of ether oxygens (including phenoxy) is 3. The first kappa shape index (κ1) is 21.3. The van der Waals surface area contributed by atoms with E-state index in [1.165, 1.54) is 0 Å². The molecule has 0 bridgehead atoms. The van der Waals surface area contributed by atoms with Gasteiger partial charge >= 0.3 is 0 Å². The van der Waals surface area contributed by atoms with Gasteiger partial charge in [-0.15, -0.1) is 0 Å². The number of hydrogen-bond donors (Lipinski definition) is 1. The van der Waals surface area contributed by atoms with Gasteiger partial charge in [-0.05, 0) is 43.2 Å². The summed E-state index contributed by atoms with van der Waals surface area (Å²) in [5.74, 6) is 1.44. The number of aromatic nitrogens is 2. The van der Waals surface area contributed by atoms with Crippen LogP contribution in [0.4, 0.5) is 0 Å². The van der Waals surface area contributed by atoms with E-state index < -0.39 is 5.92 Å². The topological polar surface area (TPSA) is 95.3 Å². The fraction of sp³-hybridized carbons (Fsp3) is 0.280. The van der Waals surface area contributed by atoms with Crippen LogP contribution in [0.25, 0.3) is 5.69 Å². The summed E-state index contributed by atoms with van der Waals surface area (Å²) < 4.78 is 19.0.